The third kappa shape index (κ3) is 8.78. The number of methoxy groups -OCH3 is 1. The molecular weight excluding hydrogens is 747 g/mol. The maximum atomic E-state index is 13.7. The highest BCUT2D eigenvalue weighted by molar-refractivity contribution is 6.07. The second-order valence-electron chi connectivity index (χ2n) is 15.3. The van der Waals surface area contributed by atoms with E-state index in [0.717, 1.165) is 82.9 Å². The number of nitrogens with one attached hydrogen (secondary N) is 4. The molecule has 4 N–H and O–H groups in total. The van der Waals surface area contributed by atoms with Gasteiger partial charge in [0.2, 0.25) is 5.88 Å². The summed E-state index contributed by atoms with van der Waals surface area (Å²) in [5.41, 5.74) is 4.59. The van der Waals surface area contributed by atoms with Gasteiger partial charge >= 0.3 is 6.03 Å². The molecule has 4 heterocycles. The summed E-state index contributed by atoms with van der Waals surface area (Å²) in [6, 6.07) is 28.4. The van der Waals surface area contributed by atoms with Crippen LogP contribution < -0.4 is 30.2 Å². The van der Waals surface area contributed by atoms with Crippen molar-refractivity contribution in [2.45, 2.75) is 39.5 Å². The summed E-state index contributed by atoms with van der Waals surface area (Å²) in [4.78, 5) is 20.7. The summed E-state index contributed by atoms with van der Waals surface area (Å²) in [5.74, 6) is 3.90. The summed E-state index contributed by atoms with van der Waals surface area (Å²) in [6.45, 7) is 13.0. The molecule has 304 valence electrons. The molecule has 0 spiro atoms. The number of H-pyrrole nitrogens is 1. The first kappa shape index (κ1) is 39.2. The van der Waals surface area contributed by atoms with Gasteiger partial charge in [-0.25, -0.2) is 19.6 Å². The zero-order chi connectivity index (χ0) is 40.9. The molecular formula is C45H49N9O5. The monoisotopic (exact) mass is 795 g/mol. The zero-order valence-electron chi connectivity index (χ0n) is 34.0. The molecule has 4 aromatic carbocycles. The Kier molecular flexibility index (Phi) is 11.3. The maximum Gasteiger partial charge on any atom is 0.324 e. The van der Waals surface area contributed by atoms with Crippen LogP contribution in [0.4, 0.5) is 27.8 Å². The number of nitrogens with zero attached hydrogens (tertiary/aromatic N) is 5. The summed E-state index contributed by atoms with van der Waals surface area (Å²) < 4.78 is 25.3. The molecule has 1 saturated heterocycles. The molecule has 0 atom stereocenters. The van der Waals surface area contributed by atoms with Gasteiger partial charge in [0.25, 0.3) is 0 Å². The van der Waals surface area contributed by atoms with Crippen LogP contribution in [-0.4, -0.2) is 82.5 Å². The van der Waals surface area contributed by atoms with Crippen LogP contribution in [0.25, 0.3) is 27.4 Å². The van der Waals surface area contributed by atoms with E-state index in [1.54, 1.807) is 18.0 Å². The number of hydrogen-bond donors (Lipinski definition) is 4. The lowest BCUT2D eigenvalue weighted by molar-refractivity contribution is 0.0321. The highest BCUT2D eigenvalue weighted by atomic mass is 16.5. The molecule has 3 aromatic heterocycles. The van der Waals surface area contributed by atoms with Crippen molar-refractivity contribution in [3.8, 4) is 28.8 Å². The van der Waals surface area contributed by atoms with Crippen molar-refractivity contribution >= 4 is 50.7 Å². The van der Waals surface area contributed by atoms with E-state index in [1.807, 2.05) is 91.0 Å². The average Bonchev–Trinajstić information content (AvgIpc) is 3.86. The third-order valence-corrected chi connectivity index (χ3v) is 10.3. The van der Waals surface area contributed by atoms with E-state index in [1.165, 1.54) is 0 Å². The van der Waals surface area contributed by atoms with Gasteiger partial charge in [0.1, 0.15) is 35.5 Å². The number of aromatic nitrogens is 5. The minimum absolute atomic E-state index is 0.239. The molecule has 8 rings (SSSR count). The first-order valence-electron chi connectivity index (χ1n) is 19.9. The first-order chi connectivity index (χ1) is 28.7. The van der Waals surface area contributed by atoms with E-state index in [4.69, 9.17) is 29.0 Å². The van der Waals surface area contributed by atoms with Gasteiger partial charge in [0, 0.05) is 59.3 Å². The SMILES string of the molecule is CCc1c(Oc2ccc(NC(=O)Nc3cc(C(C)(C)C)nn3-c3ccc(OC)cc3)c3ccccc23)ccnc1Nc1ccc2n[nH]c(OCCN3CCOCC3)c2c1. The second kappa shape index (κ2) is 17.1. The number of pyridine rings is 1. The largest absolute Gasteiger partial charge is 0.497 e. The Morgan fingerprint density at radius 2 is 1.69 bits per heavy atom. The standard InChI is InChI=1S/C45H49N9O5/c1-6-32-39(19-20-46-42(32)47-29-11-16-37-35(27-29)43(51-50-37)58-26-23-53-21-24-57-25-22-53)59-38-18-17-36(33-9-7-8-10-34(33)38)48-44(55)49-41-28-40(45(2,3)4)52-54(41)30-12-14-31(56-5)15-13-30/h7-20,27-28H,6,21-26H2,1-5H3,(H,46,47)(H,50,51)(H2,48,49,55). The Morgan fingerprint density at radius 3 is 2.46 bits per heavy atom. The summed E-state index contributed by atoms with van der Waals surface area (Å²) in [6.07, 6.45) is 2.40. The third-order valence-electron chi connectivity index (χ3n) is 10.3. The number of amides is 2. The van der Waals surface area contributed by atoms with Crippen molar-refractivity contribution in [2.24, 2.45) is 0 Å². The van der Waals surface area contributed by atoms with Crippen molar-refractivity contribution in [3.63, 3.8) is 0 Å². The van der Waals surface area contributed by atoms with Crippen LogP contribution in [0.5, 0.6) is 23.1 Å². The van der Waals surface area contributed by atoms with E-state index in [9.17, 15) is 4.79 Å². The lowest BCUT2D eigenvalue weighted by atomic mass is 9.92. The molecule has 59 heavy (non-hydrogen) atoms. The number of carbonyl (C=O) groups excluding carboxylic acids is 1. The van der Waals surface area contributed by atoms with Gasteiger partial charge in [0.05, 0.1) is 48.3 Å². The number of urea groups is 1. The fourth-order valence-corrected chi connectivity index (χ4v) is 7.05. The second-order valence-corrected chi connectivity index (χ2v) is 15.3. The summed E-state index contributed by atoms with van der Waals surface area (Å²) in [5, 5.41) is 24.5. The maximum absolute atomic E-state index is 13.7. The minimum Gasteiger partial charge on any atom is -0.497 e. The predicted octanol–water partition coefficient (Wildman–Crippen LogP) is 9.06. The number of benzene rings is 4. The number of morpholine rings is 1. The van der Waals surface area contributed by atoms with E-state index in [2.05, 4.69) is 58.7 Å². The number of hydrogen-bond acceptors (Lipinski definition) is 10. The minimum atomic E-state index is -0.405. The lowest BCUT2D eigenvalue weighted by Gasteiger charge is -2.26. The fourth-order valence-electron chi connectivity index (χ4n) is 7.05. The number of aromatic amines is 1. The number of ether oxygens (including phenoxy) is 4. The molecule has 14 heteroatoms. The number of rotatable bonds is 13. The van der Waals surface area contributed by atoms with Crippen LogP contribution >= 0.6 is 0 Å². The van der Waals surface area contributed by atoms with Crippen LogP contribution in [0, 0.1) is 0 Å². The van der Waals surface area contributed by atoms with E-state index in [0.29, 0.717) is 47.7 Å². The van der Waals surface area contributed by atoms with Crippen LogP contribution in [0.1, 0.15) is 39.0 Å². The number of anilines is 4. The van der Waals surface area contributed by atoms with Crippen LogP contribution in [0.2, 0.25) is 0 Å². The molecule has 7 aromatic rings. The molecule has 0 radical (unpaired) electrons. The summed E-state index contributed by atoms with van der Waals surface area (Å²) in [7, 11) is 1.63. The predicted molar refractivity (Wildman–Crippen MR) is 231 cm³/mol. The molecule has 0 unspecified atom stereocenters. The average molecular weight is 796 g/mol. The zero-order valence-corrected chi connectivity index (χ0v) is 34.0. The van der Waals surface area contributed by atoms with Gasteiger partial charge in [-0.1, -0.05) is 52.0 Å². The lowest BCUT2D eigenvalue weighted by Crippen LogP contribution is -2.38. The van der Waals surface area contributed by atoms with Crippen molar-refractivity contribution in [3.05, 3.63) is 108 Å². The Balaban J connectivity index is 0.994. The van der Waals surface area contributed by atoms with Gasteiger partial charge in [0.15, 0.2) is 0 Å². The molecule has 0 aliphatic carbocycles. The van der Waals surface area contributed by atoms with Gasteiger partial charge in [-0.15, -0.1) is 0 Å². The molecule has 0 saturated carbocycles. The van der Waals surface area contributed by atoms with Crippen molar-refractivity contribution < 1.29 is 23.7 Å². The van der Waals surface area contributed by atoms with Gasteiger partial charge in [-0.3, -0.25) is 10.2 Å². The smallest absolute Gasteiger partial charge is 0.324 e. The van der Waals surface area contributed by atoms with Crippen LogP contribution in [0.15, 0.2) is 97.2 Å². The van der Waals surface area contributed by atoms with Gasteiger partial charge in [-0.05, 0) is 67.1 Å². The van der Waals surface area contributed by atoms with E-state index >= 15 is 0 Å². The van der Waals surface area contributed by atoms with Crippen molar-refractivity contribution in [1.82, 2.24) is 29.9 Å². The first-order valence-corrected chi connectivity index (χ1v) is 19.9. The molecule has 1 fully saturated rings. The number of carbonyl (C=O) groups is 1. The summed E-state index contributed by atoms with van der Waals surface area (Å²) >= 11 is 0. The van der Waals surface area contributed by atoms with Crippen LogP contribution in [0.3, 0.4) is 0 Å². The highest BCUT2D eigenvalue weighted by Crippen LogP contribution is 2.38. The topological polar surface area (TPSA) is 153 Å². The molecule has 0 bridgehead atoms. The Labute approximate surface area is 342 Å². The molecule has 1 aliphatic heterocycles. The number of fused-ring (bicyclic) bond motifs is 2. The molecule has 1 aliphatic rings. The molecule has 14 nitrogen and oxygen atoms in total. The van der Waals surface area contributed by atoms with E-state index in [-0.39, 0.29) is 5.41 Å². The fraction of sp³-hybridized carbons (Fsp3) is 0.289. The Hall–Kier alpha value is -6.64. The van der Waals surface area contributed by atoms with Crippen molar-refractivity contribution in [1.29, 1.82) is 0 Å². The van der Waals surface area contributed by atoms with Crippen molar-refractivity contribution in [2.75, 3.05) is 62.5 Å². The van der Waals surface area contributed by atoms with E-state index < -0.39 is 6.03 Å². The molecule has 2 amide bonds. The Bertz CT molecular complexity index is 2570. The highest BCUT2D eigenvalue weighted by Gasteiger charge is 2.22. The quantitative estimate of drug-likeness (QED) is 0.0890. The van der Waals surface area contributed by atoms with Gasteiger partial charge < -0.3 is 29.6 Å². The Morgan fingerprint density at radius 1 is 0.898 bits per heavy atom. The van der Waals surface area contributed by atoms with Crippen LogP contribution in [-0.2, 0) is 16.6 Å². The normalized spacial score (nSPS) is 13.4. The van der Waals surface area contributed by atoms with Gasteiger partial charge in [-0.2, -0.15) is 10.2 Å².